The lowest BCUT2D eigenvalue weighted by Crippen LogP contribution is -2.33. The van der Waals surface area contributed by atoms with Gasteiger partial charge in [0, 0.05) is 19.2 Å². The molecule has 0 aliphatic rings. The summed E-state index contributed by atoms with van der Waals surface area (Å²) in [6.07, 6.45) is 1.91. The smallest absolute Gasteiger partial charge is 0.261 e. The minimum absolute atomic E-state index is 0.143. The third kappa shape index (κ3) is 4.77. The fraction of sp³-hybridized carbons (Fsp3) is 0.150. The van der Waals surface area contributed by atoms with E-state index in [0.717, 1.165) is 11.3 Å². The predicted octanol–water partition coefficient (Wildman–Crippen LogP) is 3.17. The Morgan fingerprint density at radius 1 is 1.00 bits per heavy atom. The Hall–Kier alpha value is -2.99. The Labute approximate surface area is 156 Å². The number of hydrogen-bond donors (Lipinski definition) is 2. The Kier molecular flexibility index (Phi) is 6.11. The number of nitrogens with zero attached hydrogens (tertiary/aromatic N) is 1. The molecule has 0 aliphatic carbocycles. The van der Waals surface area contributed by atoms with Crippen LogP contribution in [0.15, 0.2) is 72.2 Å². The summed E-state index contributed by atoms with van der Waals surface area (Å²) in [5.74, 6) is -0.298. The molecule has 5 nitrogen and oxygen atoms in total. The molecule has 3 aromatic rings. The number of amides is 2. The second-order valence-corrected chi connectivity index (χ2v) is 6.60. The van der Waals surface area contributed by atoms with Crippen molar-refractivity contribution in [3.63, 3.8) is 0 Å². The molecule has 0 bridgehead atoms. The van der Waals surface area contributed by atoms with Crippen molar-refractivity contribution in [3.05, 3.63) is 88.4 Å². The Morgan fingerprint density at radius 2 is 1.81 bits per heavy atom. The van der Waals surface area contributed by atoms with E-state index in [4.69, 9.17) is 0 Å². The van der Waals surface area contributed by atoms with Gasteiger partial charge in [0.05, 0.1) is 16.6 Å². The molecule has 1 unspecified atom stereocenters. The third-order valence-electron chi connectivity index (χ3n) is 3.80. The van der Waals surface area contributed by atoms with Crippen molar-refractivity contribution in [2.24, 2.45) is 0 Å². The maximum atomic E-state index is 12.4. The highest BCUT2D eigenvalue weighted by molar-refractivity contribution is 7.12. The lowest BCUT2D eigenvalue weighted by Gasteiger charge is -2.19. The Morgan fingerprint density at radius 3 is 2.50 bits per heavy atom. The molecule has 0 saturated carbocycles. The van der Waals surface area contributed by atoms with Crippen molar-refractivity contribution in [3.8, 4) is 0 Å². The number of hydrogen-bond acceptors (Lipinski definition) is 4. The zero-order valence-electron chi connectivity index (χ0n) is 14.1. The van der Waals surface area contributed by atoms with E-state index in [1.165, 1.54) is 11.3 Å². The normalized spacial score (nSPS) is 11.5. The molecule has 0 saturated heterocycles. The SMILES string of the molecule is O=C(CCNC(=O)c1cccs1)NC(c1ccccc1)c1ccccn1. The van der Waals surface area contributed by atoms with Gasteiger partial charge in [0.15, 0.2) is 0 Å². The van der Waals surface area contributed by atoms with Crippen molar-refractivity contribution >= 4 is 23.2 Å². The highest BCUT2D eigenvalue weighted by Gasteiger charge is 2.17. The van der Waals surface area contributed by atoms with Gasteiger partial charge in [-0.2, -0.15) is 0 Å². The van der Waals surface area contributed by atoms with Gasteiger partial charge >= 0.3 is 0 Å². The fourth-order valence-electron chi connectivity index (χ4n) is 2.54. The van der Waals surface area contributed by atoms with Gasteiger partial charge in [-0.05, 0) is 29.1 Å². The first-order valence-electron chi connectivity index (χ1n) is 8.31. The summed E-state index contributed by atoms with van der Waals surface area (Å²) >= 11 is 1.37. The van der Waals surface area contributed by atoms with E-state index in [0.29, 0.717) is 4.88 Å². The molecule has 1 atom stereocenters. The molecule has 0 fully saturated rings. The van der Waals surface area contributed by atoms with Crippen LogP contribution in [0.5, 0.6) is 0 Å². The van der Waals surface area contributed by atoms with E-state index < -0.39 is 0 Å². The van der Waals surface area contributed by atoms with Crippen LogP contribution in [0, 0.1) is 0 Å². The molecule has 0 aliphatic heterocycles. The Bertz CT molecular complexity index is 797. The highest BCUT2D eigenvalue weighted by Crippen LogP contribution is 2.20. The number of carbonyl (C=O) groups is 2. The van der Waals surface area contributed by atoms with Crippen molar-refractivity contribution in [2.45, 2.75) is 12.5 Å². The van der Waals surface area contributed by atoms with Crippen LogP contribution in [0.1, 0.15) is 33.4 Å². The quantitative estimate of drug-likeness (QED) is 0.676. The van der Waals surface area contributed by atoms with E-state index >= 15 is 0 Å². The first-order valence-corrected chi connectivity index (χ1v) is 9.19. The minimum atomic E-state index is -0.321. The van der Waals surface area contributed by atoms with Crippen LogP contribution in [0.3, 0.4) is 0 Å². The number of pyridine rings is 1. The molecular weight excluding hydrogens is 346 g/mol. The number of nitrogens with one attached hydrogen (secondary N) is 2. The van der Waals surface area contributed by atoms with Gasteiger partial charge in [-0.25, -0.2) is 0 Å². The van der Waals surface area contributed by atoms with Gasteiger partial charge in [-0.1, -0.05) is 42.5 Å². The third-order valence-corrected chi connectivity index (χ3v) is 4.67. The summed E-state index contributed by atoms with van der Waals surface area (Å²) in [7, 11) is 0. The molecule has 1 aromatic carbocycles. The van der Waals surface area contributed by atoms with E-state index in [9.17, 15) is 9.59 Å². The largest absolute Gasteiger partial charge is 0.351 e. The maximum Gasteiger partial charge on any atom is 0.261 e. The lowest BCUT2D eigenvalue weighted by atomic mass is 10.0. The van der Waals surface area contributed by atoms with Crippen molar-refractivity contribution in [1.29, 1.82) is 0 Å². The number of rotatable bonds is 7. The summed E-state index contributed by atoms with van der Waals surface area (Å²) in [5, 5.41) is 7.62. The van der Waals surface area contributed by atoms with Crippen molar-refractivity contribution in [2.75, 3.05) is 6.54 Å². The summed E-state index contributed by atoms with van der Waals surface area (Å²) < 4.78 is 0. The zero-order chi connectivity index (χ0) is 18.2. The average molecular weight is 365 g/mol. The standard InChI is InChI=1S/C20H19N3O2S/c24-18(11-13-22-20(25)17-10-6-14-26-17)23-19(15-7-2-1-3-8-15)16-9-4-5-12-21-16/h1-10,12,14,19H,11,13H2,(H,22,25)(H,23,24). The summed E-state index contributed by atoms with van der Waals surface area (Å²) in [5.41, 5.74) is 1.73. The molecule has 0 spiro atoms. The van der Waals surface area contributed by atoms with Crippen LogP contribution in [-0.2, 0) is 4.79 Å². The first-order chi connectivity index (χ1) is 12.7. The van der Waals surface area contributed by atoms with Crippen LogP contribution < -0.4 is 10.6 Å². The predicted molar refractivity (Wildman–Crippen MR) is 102 cm³/mol. The molecule has 2 aromatic heterocycles. The van der Waals surface area contributed by atoms with Crippen molar-refractivity contribution < 1.29 is 9.59 Å². The van der Waals surface area contributed by atoms with E-state index in [1.54, 1.807) is 12.3 Å². The van der Waals surface area contributed by atoms with Gasteiger partial charge in [-0.3, -0.25) is 14.6 Å². The average Bonchev–Trinajstić information content (AvgIpc) is 3.22. The minimum Gasteiger partial charge on any atom is -0.351 e. The second kappa shape index (κ2) is 8.92. The Balaban J connectivity index is 1.60. The summed E-state index contributed by atoms with van der Waals surface area (Å²) in [6, 6.07) is 18.6. The van der Waals surface area contributed by atoms with Crippen LogP contribution in [0.25, 0.3) is 0 Å². The molecular formula is C20H19N3O2S. The number of benzene rings is 1. The fourth-order valence-corrected chi connectivity index (χ4v) is 3.18. The van der Waals surface area contributed by atoms with E-state index in [1.807, 2.05) is 60.0 Å². The molecule has 6 heteroatoms. The zero-order valence-corrected chi connectivity index (χ0v) is 14.9. The van der Waals surface area contributed by atoms with Crippen LogP contribution >= 0.6 is 11.3 Å². The molecule has 26 heavy (non-hydrogen) atoms. The molecule has 0 radical (unpaired) electrons. The van der Waals surface area contributed by atoms with Gasteiger partial charge in [0.2, 0.25) is 5.91 Å². The number of thiophene rings is 1. The van der Waals surface area contributed by atoms with Gasteiger partial charge < -0.3 is 10.6 Å². The summed E-state index contributed by atoms with van der Waals surface area (Å²) in [4.78, 5) is 29.3. The van der Waals surface area contributed by atoms with Gasteiger partial charge in [0.1, 0.15) is 0 Å². The molecule has 3 rings (SSSR count). The molecule has 2 N–H and O–H groups in total. The highest BCUT2D eigenvalue weighted by atomic mass is 32.1. The van der Waals surface area contributed by atoms with E-state index in [2.05, 4.69) is 15.6 Å². The van der Waals surface area contributed by atoms with E-state index in [-0.39, 0.29) is 30.8 Å². The molecule has 2 heterocycles. The maximum absolute atomic E-state index is 12.4. The molecule has 132 valence electrons. The number of carbonyl (C=O) groups excluding carboxylic acids is 2. The van der Waals surface area contributed by atoms with Crippen LogP contribution in [0.4, 0.5) is 0 Å². The molecule has 2 amide bonds. The number of aromatic nitrogens is 1. The van der Waals surface area contributed by atoms with Crippen LogP contribution in [-0.4, -0.2) is 23.3 Å². The lowest BCUT2D eigenvalue weighted by molar-refractivity contribution is -0.121. The van der Waals surface area contributed by atoms with Crippen LogP contribution in [0.2, 0.25) is 0 Å². The summed E-state index contributed by atoms with van der Waals surface area (Å²) in [6.45, 7) is 0.284. The van der Waals surface area contributed by atoms with Gasteiger partial charge in [-0.15, -0.1) is 11.3 Å². The first kappa shape index (κ1) is 17.8. The van der Waals surface area contributed by atoms with Gasteiger partial charge in [0.25, 0.3) is 5.91 Å². The van der Waals surface area contributed by atoms with Crippen molar-refractivity contribution in [1.82, 2.24) is 15.6 Å². The monoisotopic (exact) mass is 365 g/mol. The topological polar surface area (TPSA) is 71.1 Å². The second-order valence-electron chi connectivity index (χ2n) is 5.65.